The number of thiophene rings is 1. The number of hydrogen-bond donors (Lipinski definition) is 1. The summed E-state index contributed by atoms with van der Waals surface area (Å²) in [6.45, 7) is 0. The monoisotopic (exact) mass is 298 g/mol. The SMILES string of the molecule is OC(c1cccc(C2CCC2)c1)C1CCCc2sccc21. The van der Waals surface area contributed by atoms with Crippen molar-refractivity contribution in [3.8, 4) is 0 Å². The van der Waals surface area contributed by atoms with Gasteiger partial charge >= 0.3 is 0 Å². The van der Waals surface area contributed by atoms with Crippen LogP contribution in [0.25, 0.3) is 0 Å². The normalized spacial score (nSPS) is 23.4. The summed E-state index contributed by atoms with van der Waals surface area (Å²) in [5.74, 6) is 1.02. The van der Waals surface area contributed by atoms with Crippen molar-refractivity contribution in [2.45, 2.75) is 56.5 Å². The van der Waals surface area contributed by atoms with Crippen LogP contribution in [0.3, 0.4) is 0 Å². The number of aliphatic hydroxyl groups is 1. The lowest BCUT2D eigenvalue weighted by Gasteiger charge is -2.29. The van der Waals surface area contributed by atoms with Crippen LogP contribution in [0.4, 0.5) is 0 Å². The molecule has 110 valence electrons. The number of benzene rings is 1. The Balaban J connectivity index is 1.62. The Morgan fingerprint density at radius 1 is 1.10 bits per heavy atom. The number of aliphatic hydroxyl groups excluding tert-OH is 1. The van der Waals surface area contributed by atoms with Gasteiger partial charge in [-0.15, -0.1) is 11.3 Å². The first-order chi connectivity index (χ1) is 10.3. The van der Waals surface area contributed by atoms with Crippen LogP contribution >= 0.6 is 11.3 Å². The summed E-state index contributed by atoms with van der Waals surface area (Å²) >= 11 is 1.85. The molecule has 0 amide bonds. The lowest BCUT2D eigenvalue weighted by Crippen LogP contribution is -2.16. The molecule has 0 saturated heterocycles. The lowest BCUT2D eigenvalue weighted by atomic mass is 9.77. The molecular weight excluding hydrogens is 276 g/mol. The first-order valence-electron chi connectivity index (χ1n) is 8.17. The Kier molecular flexibility index (Phi) is 3.60. The van der Waals surface area contributed by atoms with Gasteiger partial charge in [-0.1, -0.05) is 30.7 Å². The third-order valence-corrected chi connectivity index (χ3v) is 6.30. The molecule has 0 aliphatic heterocycles. The molecule has 1 fully saturated rings. The molecule has 1 saturated carbocycles. The first kappa shape index (κ1) is 13.5. The van der Waals surface area contributed by atoms with Gasteiger partial charge in [-0.05, 0) is 66.2 Å². The van der Waals surface area contributed by atoms with Crippen molar-refractivity contribution in [2.75, 3.05) is 0 Å². The zero-order valence-electron chi connectivity index (χ0n) is 12.3. The minimum absolute atomic E-state index is 0.289. The van der Waals surface area contributed by atoms with E-state index in [0.717, 1.165) is 17.9 Å². The molecule has 0 bridgehead atoms. The van der Waals surface area contributed by atoms with E-state index in [-0.39, 0.29) is 12.0 Å². The van der Waals surface area contributed by atoms with Crippen LogP contribution in [0.1, 0.15) is 71.6 Å². The maximum atomic E-state index is 10.9. The average Bonchev–Trinajstić information content (AvgIpc) is 2.93. The zero-order chi connectivity index (χ0) is 14.2. The molecule has 1 heterocycles. The van der Waals surface area contributed by atoms with Crippen LogP contribution in [0.15, 0.2) is 35.7 Å². The highest BCUT2D eigenvalue weighted by molar-refractivity contribution is 7.10. The lowest BCUT2D eigenvalue weighted by molar-refractivity contribution is 0.136. The van der Waals surface area contributed by atoms with Crippen LogP contribution in [0.5, 0.6) is 0 Å². The third-order valence-electron chi connectivity index (χ3n) is 5.31. The quantitative estimate of drug-likeness (QED) is 0.829. The molecule has 2 unspecified atom stereocenters. The highest BCUT2D eigenvalue weighted by Gasteiger charge is 2.29. The van der Waals surface area contributed by atoms with Crippen molar-refractivity contribution in [3.05, 3.63) is 57.3 Å². The molecule has 2 atom stereocenters. The summed E-state index contributed by atoms with van der Waals surface area (Å²) in [6, 6.07) is 11.0. The van der Waals surface area contributed by atoms with E-state index < -0.39 is 0 Å². The van der Waals surface area contributed by atoms with Gasteiger partial charge in [-0.3, -0.25) is 0 Å². The largest absolute Gasteiger partial charge is 0.388 e. The Labute approximate surface area is 130 Å². The minimum Gasteiger partial charge on any atom is -0.388 e. The molecule has 2 aliphatic carbocycles. The highest BCUT2D eigenvalue weighted by Crippen LogP contribution is 2.43. The van der Waals surface area contributed by atoms with Gasteiger partial charge in [0.25, 0.3) is 0 Å². The van der Waals surface area contributed by atoms with E-state index >= 15 is 0 Å². The molecule has 0 spiro atoms. The van der Waals surface area contributed by atoms with Crippen molar-refractivity contribution in [1.29, 1.82) is 0 Å². The number of fused-ring (bicyclic) bond motifs is 1. The number of rotatable bonds is 3. The maximum Gasteiger partial charge on any atom is 0.0859 e. The molecule has 0 radical (unpaired) electrons. The predicted octanol–water partition coefficient (Wildman–Crippen LogP) is 5.17. The molecule has 1 N–H and O–H groups in total. The van der Waals surface area contributed by atoms with Gasteiger partial charge in [0.15, 0.2) is 0 Å². The average molecular weight is 298 g/mol. The second kappa shape index (κ2) is 5.58. The van der Waals surface area contributed by atoms with E-state index in [2.05, 4.69) is 35.7 Å². The van der Waals surface area contributed by atoms with Crippen LogP contribution in [-0.2, 0) is 6.42 Å². The molecule has 1 aromatic heterocycles. The van der Waals surface area contributed by atoms with E-state index in [1.54, 1.807) is 0 Å². The van der Waals surface area contributed by atoms with Gasteiger partial charge in [0.1, 0.15) is 0 Å². The fourth-order valence-electron chi connectivity index (χ4n) is 3.82. The summed E-state index contributed by atoms with van der Waals surface area (Å²) in [5.41, 5.74) is 3.94. The van der Waals surface area contributed by atoms with Crippen molar-refractivity contribution in [1.82, 2.24) is 0 Å². The Bertz CT molecular complexity index is 626. The van der Waals surface area contributed by atoms with E-state index in [4.69, 9.17) is 0 Å². The van der Waals surface area contributed by atoms with Gasteiger partial charge in [0.2, 0.25) is 0 Å². The van der Waals surface area contributed by atoms with Gasteiger partial charge < -0.3 is 5.11 Å². The highest BCUT2D eigenvalue weighted by atomic mass is 32.1. The smallest absolute Gasteiger partial charge is 0.0859 e. The van der Waals surface area contributed by atoms with Gasteiger partial charge in [0, 0.05) is 10.8 Å². The van der Waals surface area contributed by atoms with Crippen molar-refractivity contribution >= 4 is 11.3 Å². The zero-order valence-corrected chi connectivity index (χ0v) is 13.1. The minimum atomic E-state index is -0.348. The van der Waals surface area contributed by atoms with Crippen molar-refractivity contribution in [2.24, 2.45) is 0 Å². The first-order valence-corrected chi connectivity index (χ1v) is 9.05. The molecule has 1 aromatic carbocycles. The molecule has 1 nitrogen and oxygen atoms in total. The van der Waals surface area contributed by atoms with E-state index in [9.17, 15) is 5.11 Å². The summed E-state index contributed by atoms with van der Waals surface area (Å²) in [5, 5.41) is 13.1. The van der Waals surface area contributed by atoms with Crippen LogP contribution in [0.2, 0.25) is 0 Å². The summed E-state index contributed by atoms with van der Waals surface area (Å²) in [6.07, 6.45) is 7.15. The summed E-state index contributed by atoms with van der Waals surface area (Å²) < 4.78 is 0. The third kappa shape index (κ3) is 2.45. The van der Waals surface area contributed by atoms with Crippen LogP contribution in [-0.4, -0.2) is 5.11 Å². The molecular formula is C19H22OS. The summed E-state index contributed by atoms with van der Waals surface area (Å²) in [7, 11) is 0. The second-order valence-corrected chi connectivity index (χ2v) is 7.54. The second-order valence-electron chi connectivity index (χ2n) is 6.54. The van der Waals surface area contributed by atoms with Gasteiger partial charge in [0.05, 0.1) is 6.10 Å². The number of hydrogen-bond acceptors (Lipinski definition) is 2. The molecule has 4 rings (SSSR count). The molecule has 2 aliphatic rings. The number of aryl methyl sites for hydroxylation is 1. The maximum absolute atomic E-state index is 10.9. The fourth-order valence-corrected chi connectivity index (χ4v) is 4.82. The van der Waals surface area contributed by atoms with Gasteiger partial charge in [-0.25, -0.2) is 0 Å². The van der Waals surface area contributed by atoms with E-state index in [1.165, 1.54) is 48.1 Å². The van der Waals surface area contributed by atoms with E-state index in [1.807, 2.05) is 11.3 Å². The van der Waals surface area contributed by atoms with E-state index in [0.29, 0.717) is 0 Å². The molecule has 21 heavy (non-hydrogen) atoms. The Morgan fingerprint density at radius 3 is 2.81 bits per heavy atom. The standard InChI is InChI=1S/C19H22OS/c20-19(17-8-3-9-18-16(17)10-11-21-18)15-7-2-6-14(12-15)13-4-1-5-13/h2,6-7,10-13,17,19-20H,1,3-5,8-9H2. The van der Waals surface area contributed by atoms with Crippen LogP contribution < -0.4 is 0 Å². The molecule has 2 aromatic rings. The molecule has 2 heteroatoms. The van der Waals surface area contributed by atoms with Gasteiger partial charge in [-0.2, -0.15) is 0 Å². The fraction of sp³-hybridized carbons (Fsp3) is 0.474. The summed E-state index contributed by atoms with van der Waals surface area (Å²) in [4.78, 5) is 1.49. The topological polar surface area (TPSA) is 20.2 Å². The Morgan fingerprint density at radius 2 is 2.00 bits per heavy atom. The predicted molar refractivity (Wildman–Crippen MR) is 88.0 cm³/mol. The van der Waals surface area contributed by atoms with Crippen molar-refractivity contribution in [3.63, 3.8) is 0 Å². The van der Waals surface area contributed by atoms with Crippen LogP contribution in [0, 0.1) is 0 Å². The van der Waals surface area contributed by atoms with Crippen molar-refractivity contribution < 1.29 is 5.11 Å². The Hall–Kier alpha value is -1.12.